The lowest BCUT2D eigenvalue weighted by Gasteiger charge is -2.44. The van der Waals surface area contributed by atoms with Gasteiger partial charge >= 0.3 is 0 Å². The number of likely N-dealkylation sites (N-methyl/N-ethyl adjacent to an activating group) is 1. The van der Waals surface area contributed by atoms with Gasteiger partial charge in [0.15, 0.2) is 5.96 Å². The van der Waals surface area contributed by atoms with Crippen LogP contribution in [0.1, 0.15) is 24.0 Å². The Labute approximate surface area is 247 Å². The molecule has 3 aromatic rings. The molecule has 0 unspecified atom stereocenters. The van der Waals surface area contributed by atoms with Gasteiger partial charge < -0.3 is 20.9 Å². The molecule has 0 bridgehead atoms. The smallest absolute Gasteiger partial charge is 0.227 e. The average molecular weight is 584 g/mol. The van der Waals surface area contributed by atoms with E-state index >= 15 is 0 Å². The number of nitrogens with two attached hydrogens (primary N) is 1. The number of nitrogens with zero attached hydrogens (tertiary/aromatic N) is 3. The molecule has 0 spiro atoms. The van der Waals surface area contributed by atoms with Gasteiger partial charge in [0.2, 0.25) is 5.91 Å². The fourth-order valence-corrected chi connectivity index (χ4v) is 5.94. The van der Waals surface area contributed by atoms with Crippen molar-refractivity contribution in [2.45, 2.75) is 37.8 Å². The van der Waals surface area contributed by atoms with Crippen LogP contribution < -0.4 is 11.1 Å². The van der Waals surface area contributed by atoms with Crippen molar-refractivity contribution in [2.24, 2.45) is 5.73 Å². The molecule has 1 fully saturated rings. The third-order valence-corrected chi connectivity index (χ3v) is 8.39. The SMILES string of the molecule is CN(C)[C@H](Cc1ccc(Cl)cc1Cl)CN1CCN(C(=O)Cc2ccc3ccccc3c2)C[C@@H]1CCCNC(=N)N. The minimum Gasteiger partial charge on any atom is -0.370 e. The van der Waals surface area contributed by atoms with E-state index in [0.717, 1.165) is 48.9 Å². The number of halogens is 2. The van der Waals surface area contributed by atoms with Crippen LogP contribution in [0.25, 0.3) is 10.8 Å². The fourth-order valence-electron chi connectivity index (χ4n) is 5.45. The number of hydrogen-bond donors (Lipinski definition) is 3. The van der Waals surface area contributed by atoms with Crippen molar-refractivity contribution in [3.63, 3.8) is 0 Å². The molecule has 40 heavy (non-hydrogen) atoms. The molecule has 0 aliphatic carbocycles. The van der Waals surface area contributed by atoms with Crippen molar-refractivity contribution in [2.75, 3.05) is 46.8 Å². The molecule has 214 valence electrons. The van der Waals surface area contributed by atoms with E-state index in [1.807, 2.05) is 29.2 Å². The predicted octanol–water partition coefficient (Wildman–Crippen LogP) is 4.64. The van der Waals surface area contributed by atoms with Crippen LogP contribution in [0.3, 0.4) is 0 Å². The lowest BCUT2D eigenvalue weighted by atomic mass is 10.00. The zero-order valence-corrected chi connectivity index (χ0v) is 24.9. The molecule has 1 aliphatic heterocycles. The normalized spacial score (nSPS) is 16.8. The average Bonchev–Trinajstić information content (AvgIpc) is 2.92. The van der Waals surface area contributed by atoms with Crippen molar-refractivity contribution >= 4 is 45.8 Å². The van der Waals surface area contributed by atoms with Gasteiger partial charge in [-0.15, -0.1) is 0 Å². The largest absolute Gasteiger partial charge is 0.370 e. The Morgan fingerprint density at radius 1 is 1.10 bits per heavy atom. The molecule has 4 N–H and O–H groups in total. The first kappa shape index (κ1) is 30.1. The first-order chi connectivity index (χ1) is 19.2. The van der Waals surface area contributed by atoms with E-state index in [2.05, 4.69) is 59.5 Å². The first-order valence-electron chi connectivity index (χ1n) is 13.9. The molecule has 0 radical (unpaired) electrons. The van der Waals surface area contributed by atoms with Crippen LogP contribution in [0.2, 0.25) is 10.0 Å². The summed E-state index contributed by atoms with van der Waals surface area (Å²) in [6.45, 7) is 3.71. The maximum Gasteiger partial charge on any atom is 0.227 e. The van der Waals surface area contributed by atoms with Crippen LogP contribution in [0.15, 0.2) is 60.7 Å². The molecule has 7 nitrogen and oxygen atoms in total. The molecule has 1 aliphatic rings. The minimum absolute atomic E-state index is 0.0137. The Morgan fingerprint density at radius 2 is 1.88 bits per heavy atom. The van der Waals surface area contributed by atoms with Crippen LogP contribution >= 0.6 is 23.2 Å². The summed E-state index contributed by atoms with van der Waals surface area (Å²) >= 11 is 12.6. The van der Waals surface area contributed by atoms with E-state index in [1.165, 1.54) is 5.39 Å². The van der Waals surface area contributed by atoms with Crippen molar-refractivity contribution in [3.05, 3.63) is 81.8 Å². The predicted molar refractivity (Wildman–Crippen MR) is 166 cm³/mol. The third kappa shape index (κ3) is 8.33. The number of nitrogens with one attached hydrogen (secondary N) is 2. The molecule has 1 heterocycles. The second-order valence-electron chi connectivity index (χ2n) is 10.9. The second kappa shape index (κ2) is 14.2. The van der Waals surface area contributed by atoms with E-state index in [9.17, 15) is 4.79 Å². The highest BCUT2D eigenvalue weighted by atomic mass is 35.5. The maximum absolute atomic E-state index is 13.4. The molecule has 3 aromatic carbocycles. The van der Waals surface area contributed by atoms with Crippen LogP contribution in [0, 0.1) is 5.41 Å². The fraction of sp³-hybridized carbons (Fsp3) is 0.419. The summed E-state index contributed by atoms with van der Waals surface area (Å²) in [4.78, 5) is 20.2. The summed E-state index contributed by atoms with van der Waals surface area (Å²) < 4.78 is 0. The lowest BCUT2D eigenvalue weighted by molar-refractivity contribution is -0.133. The molecular formula is C31H40Cl2N6O. The standard InChI is InChI=1S/C31H40Cl2N6O/c1-37(2)28(18-25-11-12-26(32)19-29(25)33)21-38-14-15-39(20-27(38)8-5-13-36-31(34)35)30(40)17-22-9-10-23-6-3-4-7-24(23)16-22/h3-4,6-7,9-12,16,19,27-28H,5,8,13-15,17-18,20-21H2,1-2H3,(H4,34,35,36)/t27-,28+/m0/s1. The molecule has 0 saturated carbocycles. The van der Waals surface area contributed by atoms with Crippen LogP contribution in [0.4, 0.5) is 0 Å². The van der Waals surface area contributed by atoms with Gasteiger partial charge in [0.1, 0.15) is 0 Å². The molecule has 1 amide bonds. The Kier molecular flexibility index (Phi) is 10.7. The topological polar surface area (TPSA) is 88.7 Å². The Morgan fingerprint density at radius 3 is 2.60 bits per heavy atom. The Bertz CT molecular complexity index is 1320. The molecule has 2 atom stereocenters. The van der Waals surface area contributed by atoms with Gasteiger partial charge in [0.25, 0.3) is 0 Å². The Balaban J connectivity index is 1.44. The monoisotopic (exact) mass is 582 g/mol. The molecule has 0 aromatic heterocycles. The quantitative estimate of drug-likeness (QED) is 0.174. The number of amides is 1. The summed E-state index contributed by atoms with van der Waals surface area (Å²) in [6.07, 6.45) is 2.98. The van der Waals surface area contributed by atoms with E-state index < -0.39 is 0 Å². The van der Waals surface area contributed by atoms with Crippen molar-refractivity contribution in [3.8, 4) is 0 Å². The molecular weight excluding hydrogens is 543 g/mol. The lowest BCUT2D eigenvalue weighted by Crippen LogP contribution is -2.57. The summed E-state index contributed by atoms with van der Waals surface area (Å²) in [7, 11) is 4.20. The zero-order valence-electron chi connectivity index (χ0n) is 23.4. The number of fused-ring (bicyclic) bond motifs is 1. The van der Waals surface area contributed by atoms with Crippen molar-refractivity contribution in [1.82, 2.24) is 20.0 Å². The first-order valence-corrected chi connectivity index (χ1v) is 14.6. The number of rotatable bonds is 11. The van der Waals surface area contributed by atoms with E-state index in [1.54, 1.807) is 6.07 Å². The summed E-state index contributed by atoms with van der Waals surface area (Å²) in [5.41, 5.74) is 7.61. The second-order valence-corrected chi connectivity index (χ2v) is 11.7. The summed E-state index contributed by atoms with van der Waals surface area (Å²) in [5, 5.41) is 14.0. The van der Waals surface area contributed by atoms with Gasteiger partial charge in [0.05, 0.1) is 6.42 Å². The van der Waals surface area contributed by atoms with Gasteiger partial charge in [-0.2, -0.15) is 0 Å². The highest BCUT2D eigenvalue weighted by molar-refractivity contribution is 6.35. The van der Waals surface area contributed by atoms with Gasteiger partial charge in [-0.05, 0) is 67.4 Å². The number of benzene rings is 3. The van der Waals surface area contributed by atoms with Gasteiger partial charge in [0, 0.05) is 54.9 Å². The van der Waals surface area contributed by atoms with Crippen LogP contribution in [-0.2, 0) is 17.6 Å². The van der Waals surface area contributed by atoms with Crippen LogP contribution in [-0.4, -0.2) is 85.5 Å². The highest BCUT2D eigenvalue weighted by Crippen LogP contribution is 2.25. The zero-order chi connectivity index (χ0) is 28.6. The van der Waals surface area contributed by atoms with E-state index in [0.29, 0.717) is 36.1 Å². The Hall–Kier alpha value is -2.84. The highest BCUT2D eigenvalue weighted by Gasteiger charge is 2.31. The number of hydrogen-bond acceptors (Lipinski definition) is 4. The van der Waals surface area contributed by atoms with Gasteiger partial charge in [-0.1, -0.05) is 71.7 Å². The minimum atomic E-state index is -0.0137. The maximum atomic E-state index is 13.4. The van der Waals surface area contributed by atoms with Crippen molar-refractivity contribution in [1.29, 1.82) is 5.41 Å². The molecule has 9 heteroatoms. The van der Waals surface area contributed by atoms with Gasteiger partial charge in [-0.3, -0.25) is 15.1 Å². The number of carbonyl (C=O) groups excluding carboxylic acids is 1. The van der Waals surface area contributed by atoms with E-state index in [-0.39, 0.29) is 24.0 Å². The van der Waals surface area contributed by atoms with Crippen LogP contribution in [0.5, 0.6) is 0 Å². The number of guanidine groups is 1. The number of piperazine rings is 1. The molecule has 1 saturated heterocycles. The van der Waals surface area contributed by atoms with Gasteiger partial charge in [-0.25, -0.2) is 0 Å². The molecule has 4 rings (SSSR count). The number of carbonyl (C=O) groups is 1. The third-order valence-electron chi connectivity index (χ3n) is 7.80. The summed E-state index contributed by atoms with van der Waals surface area (Å²) in [6, 6.07) is 20.7. The van der Waals surface area contributed by atoms with E-state index in [4.69, 9.17) is 34.3 Å². The van der Waals surface area contributed by atoms with Crippen molar-refractivity contribution < 1.29 is 4.79 Å². The summed E-state index contributed by atoms with van der Waals surface area (Å²) in [5.74, 6) is 0.152.